The molecule has 2 heterocycles. The Kier molecular flexibility index (Phi) is 4.37. The van der Waals surface area contributed by atoms with E-state index >= 15 is 0 Å². The van der Waals surface area contributed by atoms with E-state index < -0.39 is 0 Å². The van der Waals surface area contributed by atoms with Crippen molar-refractivity contribution in [2.75, 3.05) is 6.54 Å². The lowest BCUT2D eigenvalue weighted by Gasteiger charge is -2.36. The zero-order valence-electron chi connectivity index (χ0n) is 13.9. The topological polar surface area (TPSA) is 41.0 Å². The maximum Gasteiger partial charge on any atom is 0.258 e. The molecule has 7 heteroatoms. The summed E-state index contributed by atoms with van der Waals surface area (Å²) in [5.74, 6) is 0.0769. The highest BCUT2D eigenvalue weighted by molar-refractivity contribution is 7.71. The number of halogens is 1. The summed E-state index contributed by atoms with van der Waals surface area (Å²) in [4.78, 5) is 18.1. The van der Waals surface area contributed by atoms with Crippen LogP contribution in [0.3, 0.4) is 0 Å². The average molecular weight is 355 g/mol. The SMILES string of the molecule is [B]N1CCc2c([nH]c(=S)n(C(c3ccc(F)cc3)C3CCC3)c2=O)C1. The molecule has 0 saturated heterocycles. The van der Waals surface area contributed by atoms with Gasteiger partial charge in [0.05, 0.1) is 6.04 Å². The van der Waals surface area contributed by atoms with Gasteiger partial charge in [-0.2, -0.15) is 0 Å². The molecule has 1 N–H and O–H groups in total. The van der Waals surface area contributed by atoms with Crippen molar-refractivity contribution in [3.8, 4) is 0 Å². The first kappa shape index (κ1) is 16.7. The molecule has 0 amide bonds. The van der Waals surface area contributed by atoms with Crippen LogP contribution in [0.4, 0.5) is 4.39 Å². The predicted molar refractivity (Wildman–Crippen MR) is 97.6 cm³/mol. The Labute approximate surface area is 152 Å². The lowest BCUT2D eigenvalue weighted by atomic mass is 9.77. The molecule has 2 radical (unpaired) electrons. The zero-order chi connectivity index (χ0) is 17.6. The van der Waals surface area contributed by atoms with E-state index in [1.54, 1.807) is 21.5 Å². The van der Waals surface area contributed by atoms with Gasteiger partial charge >= 0.3 is 0 Å². The maximum absolute atomic E-state index is 13.4. The highest BCUT2D eigenvalue weighted by atomic mass is 32.1. The average Bonchev–Trinajstić information content (AvgIpc) is 2.52. The normalized spacial score (nSPS) is 19.2. The van der Waals surface area contributed by atoms with E-state index in [2.05, 4.69) is 4.98 Å². The van der Waals surface area contributed by atoms with Crippen molar-refractivity contribution in [2.24, 2.45) is 5.92 Å². The second-order valence-electron chi connectivity index (χ2n) is 6.97. The Morgan fingerprint density at radius 1 is 1.28 bits per heavy atom. The van der Waals surface area contributed by atoms with E-state index in [9.17, 15) is 9.18 Å². The van der Waals surface area contributed by atoms with E-state index in [-0.39, 0.29) is 17.4 Å². The summed E-state index contributed by atoms with van der Waals surface area (Å²) in [7, 11) is 5.87. The van der Waals surface area contributed by atoms with E-state index in [4.69, 9.17) is 20.2 Å². The van der Waals surface area contributed by atoms with Crippen LogP contribution in [0.5, 0.6) is 0 Å². The molecule has 2 aliphatic rings. The molecule has 1 aliphatic heterocycles. The van der Waals surface area contributed by atoms with Crippen LogP contribution in [0.15, 0.2) is 29.1 Å². The largest absolute Gasteiger partial charge is 0.348 e. The van der Waals surface area contributed by atoms with Crippen LogP contribution in [0.25, 0.3) is 0 Å². The third-order valence-electron chi connectivity index (χ3n) is 5.41. The minimum Gasteiger partial charge on any atom is -0.348 e. The van der Waals surface area contributed by atoms with Crippen LogP contribution in [-0.4, -0.2) is 28.9 Å². The second-order valence-corrected chi connectivity index (χ2v) is 7.36. The molecule has 0 spiro atoms. The Bertz CT molecular complexity index is 904. The van der Waals surface area contributed by atoms with Gasteiger partial charge in [0, 0.05) is 17.8 Å². The van der Waals surface area contributed by atoms with Crippen molar-refractivity contribution in [3.05, 3.63) is 62.0 Å². The highest BCUT2D eigenvalue weighted by Gasteiger charge is 2.32. The van der Waals surface area contributed by atoms with Crippen molar-refractivity contribution in [1.29, 1.82) is 0 Å². The first-order valence-electron chi connectivity index (χ1n) is 8.66. The summed E-state index contributed by atoms with van der Waals surface area (Å²) in [5.41, 5.74) is 2.48. The molecule has 1 atom stereocenters. The van der Waals surface area contributed by atoms with Gasteiger partial charge in [-0.3, -0.25) is 9.36 Å². The Hall–Kier alpha value is -1.73. The number of benzene rings is 1. The summed E-state index contributed by atoms with van der Waals surface area (Å²) in [6, 6.07) is 6.28. The predicted octanol–water partition coefficient (Wildman–Crippen LogP) is 2.88. The van der Waals surface area contributed by atoms with E-state index in [0.29, 0.717) is 30.2 Å². The first-order valence-corrected chi connectivity index (χ1v) is 9.07. The summed E-state index contributed by atoms with van der Waals surface area (Å²) < 4.78 is 15.5. The highest BCUT2D eigenvalue weighted by Crippen LogP contribution is 2.40. The number of aromatic nitrogens is 2. The molecule has 25 heavy (non-hydrogen) atoms. The van der Waals surface area contributed by atoms with Crippen LogP contribution in [0, 0.1) is 16.5 Å². The summed E-state index contributed by atoms with van der Waals surface area (Å²) in [5, 5.41) is 0. The molecular weight excluding hydrogens is 336 g/mol. The fourth-order valence-electron chi connectivity index (χ4n) is 3.86. The van der Waals surface area contributed by atoms with Gasteiger partial charge in [0.1, 0.15) is 5.82 Å². The number of nitrogens with one attached hydrogen (secondary N) is 1. The van der Waals surface area contributed by atoms with Gasteiger partial charge in [-0.25, -0.2) is 4.39 Å². The molecule has 1 unspecified atom stereocenters. The lowest BCUT2D eigenvalue weighted by molar-refractivity contribution is 0.230. The van der Waals surface area contributed by atoms with E-state index in [1.807, 2.05) is 0 Å². The van der Waals surface area contributed by atoms with Crippen LogP contribution in [-0.2, 0) is 13.0 Å². The second kappa shape index (κ2) is 6.54. The first-order chi connectivity index (χ1) is 12.0. The fraction of sp³-hybridized carbons (Fsp3) is 0.444. The molecule has 2 aromatic rings. The van der Waals surface area contributed by atoms with Gasteiger partial charge < -0.3 is 9.79 Å². The smallest absolute Gasteiger partial charge is 0.258 e. The van der Waals surface area contributed by atoms with Crippen LogP contribution >= 0.6 is 12.2 Å². The Morgan fingerprint density at radius 2 is 2.00 bits per heavy atom. The van der Waals surface area contributed by atoms with Crippen LogP contribution < -0.4 is 5.56 Å². The van der Waals surface area contributed by atoms with Crippen molar-refractivity contribution in [1.82, 2.24) is 14.4 Å². The number of H-pyrrole nitrogens is 1. The summed E-state index contributed by atoms with van der Waals surface area (Å²) >= 11 is 5.53. The van der Waals surface area contributed by atoms with Crippen LogP contribution in [0.1, 0.15) is 42.1 Å². The van der Waals surface area contributed by atoms with Gasteiger partial charge in [0.25, 0.3) is 5.56 Å². The number of aromatic amines is 1. The number of hydrogen-bond acceptors (Lipinski definition) is 3. The van der Waals surface area contributed by atoms with Gasteiger partial charge in [0.2, 0.25) is 0 Å². The summed E-state index contributed by atoms with van der Waals surface area (Å²) in [6.07, 6.45) is 3.87. The van der Waals surface area contributed by atoms with Crippen molar-refractivity contribution < 1.29 is 4.39 Å². The minimum atomic E-state index is -0.276. The third kappa shape index (κ3) is 3.00. The van der Waals surface area contributed by atoms with Gasteiger partial charge in [-0.1, -0.05) is 18.6 Å². The number of fused-ring (bicyclic) bond motifs is 1. The molecule has 1 saturated carbocycles. The van der Waals surface area contributed by atoms with E-state index in [1.165, 1.54) is 12.1 Å². The molecule has 1 aliphatic carbocycles. The van der Waals surface area contributed by atoms with Crippen molar-refractivity contribution in [2.45, 2.75) is 38.3 Å². The van der Waals surface area contributed by atoms with Gasteiger partial charge in [0.15, 0.2) is 12.8 Å². The maximum atomic E-state index is 13.4. The van der Waals surface area contributed by atoms with Gasteiger partial charge in [-0.15, -0.1) is 0 Å². The minimum absolute atomic E-state index is 0.0342. The third-order valence-corrected chi connectivity index (χ3v) is 5.71. The Morgan fingerprint density at radius 3 is 2.64 bits per heavy atom. The quantitative estimate of drug-likeness (QED) is 0.680. The number of nitrogens with zero attached hydrogens (tertiary/aromatic N) is 2. The van der Waals surface area contributed by atoms with E-state index in [0.717, 1.165) is 36.1 Å². The molecule has 0 bridgehead atoms. The molecule has 1 aromatic heterocycles. The monoisotopic (exact) mass is 355 g/mol. The molecule has 4 nitrogen and oxygen atoms in total. The summed E-state index contributed by atoms with van der Waals surface area (Å²) in [6.45, 7) is 1.15. The Balaban J connectivity index is 1.86. The molecular formula is C18H19BFN3OS. The molecule has 1 fully saturated rings. The molecule has 4 rings (SSSR count). The standard InChI is InChI=1S/C18H19BFN3OS/c19-22-9-8-14-15(10-22)21-18(25)23(17(14)24)16(11-2-1-3-11)12-4-6-13(20)7-5-12/h4-7,11,16H,1-3,8-10H2,(H,21,25). The molecule has 1 aromatic carbocycles. The van der Waals surface area contributed by atoms with Crippen LogP contribution in [0.2, 0.25) is 0 Å². The number of hydrogen-bond donors (Lipinski definition) is 1. The van der Waals surface area contributed by atoms with Gasteiger partial charge in [-0.05, 0) is 61.6 Å². The number of rotatable bonds is 3. The lowest BCUT2D eigenvalue weighted by Crippen LogP contribution is -2.40. The van der Waals surface area contributed by atoms with Crippen molar-refractivity contribution >= 4 is 20.2 Å². The van der Waals surface area contributed by atoms with Crippen molar-refractivity contribution in [3.63, 3.8) is 0 Å². The molecule has 128 valence electrons. The fourth-order valence-corrected chi connectivity index (χ4v) is 4.18. The zero-order valence-corrected chi connectivity index (χ0v) is 14.7.